The molecule has 0 aliphatic carbocycles. The first-order chi connectivity index (χ1) is 11.7. The first kappa shape index (κ1) is 19.2. The van der Waals surface area contributed by atoms with Crippen LogP contribution in [0.2, 0.25) is 5.02 Å². The summed E-state index contributed by atoms with van der Waals surface area (Å²) in [6, 6.07) is 10.4. The second-order valence-corrected chi connectivity index (χ2v) is 5.71. The summed E-state index contributed by atoms with van der Waals surface area (Å²) in [6.45, 7) is 2.23. The maximum Gasteiger partial charge on any atom is 0.274 e. The van der Waals surface area contributed by atoms with Gasteiger partial charge in [-0.05, 0) is 29.8 Å². The number of anilines is 1. The normalized spacial score (nSPS) is 16.4. The van der Waals surface area contributed by atoms with Crippen molar-refractivity contribution in [3.05, 3.63) is 58.4 Å². The Morgan fingerprint density at radius 1 is 1.40 bits per heavy atom. The summed E-state index contributed by atoms with van der Waals surface area (Å²) in [5.41, 5.74) is 2.08. The van der Waals surface area contributed by atoms with E-state index in [1.807, 2.05) is 12.1 Å². The number of nitrogens with one attached hydrogen (secondary N) is 2. The summed E-state index contributed by atoms with van der Waals surface area (Å²) >= 11 is 6.27. The molecule has 0 saturated carbocycles. The van der Waals surface area contributed by atoms with E-state index in [1.54, 1.807) is 18.2 Å². The molecule has 25 heavy (non-hydrogen) atoms. The fourth-order valence-electron chi connectivity index (χ4n) is 2.39. The number of hydrogen-bond acceptors (Lipinski definition) is 5. The summed E-state index contributed by atoms with van der Waals surface area (Å²) in [5, 5.41) is 15.2. The molecule has 6 nitrogen and oxygen atoms in total. The van der Waals surface area contributed by atoms with Crippen molar-refractivity contribution in [2.75, 3.05) is 25.0 Å². The standard InChI is InChI=1S/C17H15ClN4O2.ClH/c18-13-7-12(16-10-20-5-6-24-16)2-4-14(13)22-17(23)15-3-1-11(8-19)9-21-15;/h1-4,7,9,16,20H,5-6,10H2,(H,22,23);1H/t16-;/m0./s1. The number of nitrogens with zero attached hydrogens (tertiary/aromatic N) is 2. The van der Waals surface area contributed by atoms with Gasteiger partial charge >= 0.3 is 0 Å². The molecular formula is C17H16Cl2N4O2. The third kappa shape index (κ3) is 4.68. The van der Waals surface area contributed by atoms with Crippen LogP contribution in [0.1, 0.15) is 27.7 Å². The first-order valence-corrected chi connectivity index (χ1v) is 7.84. The highest BCUT2D eigenvalue weighted by molar-refractivity contribution is 6.34. The third-order valence-corrected chi connectivity index (χ3v) is 3.98. The highest BCUT2D eigenvalue weighted by Crippen LogP contribution is 2.28. The molecule has 0 radical (unpaired) electrons. The van der Waals surface area contributed by atoms with Crippen LogP contribution in [0.4, 0.5) is 5.69 Å². The quantitative estimate of drug-likeness (QED) is 0.856. The van der Waals surface area contributed by atoms with Gasteiger partial charge in [-0.3, -0.25) is 4.79 Å². The average molecular weight is 379 g/mol. The van der Waals surface area contributed by atoms with Crippen LogP contribution in [0.3, 0.4) is 0 Å². The summed E-state index contributed by atoms with van der Waals surface area (Å²) in [6.07, 6.45) is 1.31. The lowest BCUT2D eigenvalue weighted by Gasteiger charge is -2.24. The highest BCUT2D eigenvalue weighted by Gasteiger charge is 2.17. The number of rotatable bonds is 3. The van der Waals surface area contributed by atoms with E-state index >= 15 is 0 Å². The van der Waals surface area contributed by atoms with E-state index in [0.717, 1.165) is 18.7 Å². The molecule has 1 saturated heterocycles. The van der Waals surface area contributed by atoms with E-state index in [0.29, 0.717) is 22.9 Å². The molecule has 1 aromatic heterocycles. The van der Waals surface area contributed by atoms with Gasteiger partial charge in [0.25, 0.3) is 5.91 Å². The minimum Gasteiger partial charge on any atom is -0.371 e. The number of carbonyl (C=O) groups excluding carboxylic acids is 1. The second kappa shape index (κ2) is 8.79. The van der Waals surface area contributed by atoms with Crippen LogP contribution in [0.15, 0.2) is 36.5 Å². The van der Waals surface area contributed by atoms with Crippen molar-refractivity contribution in [3.63, 3.8) is 0 Å². The molecule has 0 unspecified atom stereocenters. The smallest absolute Gasteiger partial charge is 0.274 e. The number of carbonyl (C=O) groups is 1. The molecular weight excluding hydrogens is 363 g/mol. The van der Waals surface area contributed by atoms with Crippen LogP contribution >= 0.6 is 24.0 Å². The van der Waals surface area contributed by atoms with Gasteiger partial charge in [0.2, 0.25) is 0 Å². The van der Waals surface area contributed by atoms with Crippen LogP contribution in [0.5, 0.6) is 0 Å². The molecule has 2 N–H and O–H groups in total. The predicted molar refractivity (Wildman–Crippen MR) is 97.2 cm³/mol. The van der Waals surface area contributed by atoms with Crippen LogP contribution in [0.25, 0.3) is 0 Å². The van der Waals surface area contributed by atoms with Gasteiger partial charge in [0.1, 0.15) is 11.8 Å². The van der Waals surface area contributed by atoms with Crippen LogP contribution in [0, 0.1) is 11.3 Å². The fraction of sp³-hybridized carbons (Fsp3) is 0.235. The zero-order valence-corrected chi connectivity index (χ0v) is 14.7. The SMILES string of the molecule is Cl.N#Cc1ccc(C(=O)Nc2ccc([C@@H]3CNCCO3)cc2Cl)nc1. The molecule has 130 valence electrons. The predicted octanol–water partition coefficient (Wildman–Crippen LogP) is 2.94. The molecule has 2 heterocycles. The average Bonchev–Trinajstić information content (AvgIpc) is 2.64. The van der Waals surface area contributed by atoms with Crippen molar-refractivity contribution in [1.82, 2.24) is 10.3 Å². The van der Waals surface area contributed by atoms with Crippen molar-refractivity contribution in [3.8, 4) is 6.07 Å². The van der Waals surface area contributed by atoms with Crippen molar-refractivity contribution in [1.29, 1.82) is 5.26 Å². The van der Waals surface area contributed by atoms with Gasteiger partial charge in [-0.1, -0.05) is 17.7 Å². The molecule has 0 spiro atoms. The Bertz CT molecular complexity index is 784. The molecule has 1 aliphatic rings. The summed E-state index contributed by atoms with van der Waals surface area (Å²) in [7, 11) is 0. The molecule has 1 amide bonds. The number of benzene rings is 1. The lowest BCUT2D eigenvalue weighted by Crippen LogP contribution is -2.33. The molecule has 1 atom stereocenters. The van der Waals surface area contributed by atoms with Crippen LogP contribution < -0.4 is 10.6 Å². The first-order valence-electron chi connectivity index (χ1n) is 7.46. The van der Waals surface area contributed by atoms with E-state index in [-0.39, 0.29) is 30.1 Å². The Balaban J connectivity index is 0.00000225. The van der Waals surface area contributed by atoms with Gasteiger partial charge in [-0.2, -0.15) is 5.26 Å². The summed E-state index contributed by atoms with van der Waals surface area (Å²) < 4.78 is 5.69. The number of morpholine rings is 1. The Hall–Kier alpha value is -2.17. The lowest BCUT2D eigenvalue weighted by atomic mass is 10.1. The fourth-order valence-corrected chi connectivity index (χ4v) is 2.63. The zero-order valence-electron chi connectivity index (χ0n) is 13.2. The van der Waals surface area contributed by atoms with E-state index in [2.05, 4.69) is 15.6 Å². The van der Waals surface area contributed by atoms with E-state index in [1.165, 1.54) is 12.3 Å². The molecule has 3 rings (SSSR count). The minimum atomic E-state index is -0.385. The molecule has 2 aromatic rings. The van der Waals surface area contributed by atoms with Gasteiger partial charge in [-0.25, -0.2) is 4.98 Å². The van der Waals surface area contributed by atoms with Crippen molar-refractivity contribution < 1.29 is 9.53 Å². The number of halogens is 2. The Morgan fingerprint density at radius 3 is 2.84 bits per heavy atom. The van der Waals surface area contributed by atoms with Crippen LogP contribution in [-0.4, -0.2) is 30.6 Å². The summed E-state index contributed by atoms with van der Waals surface area (Å²) in [4.78, 5) is 16.2. The maximum atomic E-state index is 12.2. The van der Waals surface area contributed by atoms with Gasteiger partial charge in [-0.15, -0.1) is 12.4 Å². The molecule has 1 aliphatic heterocycles. The maximum absolute atomic E-state index is 12.2. The third-order valence-electron chi connectivity index (χ3n) is 3.67. The minimum absolute atomic E-state index is 0. The molecule has 0 bridgehead atoms. The van der Waals surface area contributed by atoms with Crippen molar-refractivity contribution in [2.24, 2.45) is 0 Å². The number of pyridine rings is 1. The Labute approximate surface area is 156 Å². The number of amides is 1. The van der Waals surface area contributed by atoms with Gasteiger partial charge in [0.15, 0.2) is 0 Å². The Morgan fingerprint density at radius 2 is 2.24 bits per heavy atom. The molecule has 1 fully saturated rings. The van der Waals surface area contributed by atoms with Crippen LogP contribution in [-0.2, 0) is 4.74 Å². The van der Waals surface area contributed by atoms with Gasteiger partial charge in [0.05, 0.1) is 29.0 Å². The topological polar surface area (TPSA) is 87.0 Å². The number of ether oxygens (including phenoxy) is 1. The van der Waals surface area contributed by atoms with Gasteiger partial charge < -0.3 is 15.4 Å². The van der Waals surface area contributed by atoms with Crippen molar-refractivity contribution in [2.45, 2.75) is 6.10 Å². The zero-order chi connectivity index (χ0) is 16.9. The molecule has 8 heteroatoms. The molecule has 1 aromatic carbocycles. The highest BCUT2D eigenvalue weighted by atomic mass is 35.5. The second-order valence-electron chi connectivity index (χ2n) is 5.30. The number of aromatic nitrogens is 1. The largest absolute Gasteiger partial charge is 0.371 e. The number of nitriles is 1. The lowest BCUT2D eigenvalue weighted by molar-refractivity contribution is 0.0277. The van der Waals surface area contributed by atoms with E-state index < -0.39 is 0 Å². The Kier molecular flexibility index (Phi) is 6.73. The van der Waals surface area contributed by atoms with Gasteiger partial charge in [0, 0.05) is 19.3 Å². The van der Waals surface area contributed by atoms with E-state index in [4.69, 9.17) is 21.6 Å². The number of hydrogen-bond donors (Lipinski definition) is 2. The van der Waals surface area contributed by atoms with Crippen molar-refractivity contribution >= 4 is 35.6 Å². The summed E-state index contributed by atoms with van der Waals surface area (Å²) in [5.74, 6) is -0.385. The monoisotopic (exact) mass is 378 g/mol. The van der Waals surface area contributed by atoms with E-state index in [9.17, 15) is 4.79 Å².